The third-order valence-electron chi connectivity index (χ3n) is 7.09. The van der Waals surface area contributed by atoms with Gasteiger partial charge in [0.05, 0.1) is 6.61 Å². The van der Waals surface area contributed by atoms with Crippen molar-refractivity contribution in [3.8, 4) is 28.7 Å². The van der Waals surface area contributed by atoms with E-state index in [4.69, 9.17) is 18.9 Å². The highest BCUT2D eigenvalue weighted by Crippen LogP contribution is 2.44. The van der Waals surface area contributed by atoms with Gasteiger partial charge in [-0.05, 0) is 29.3 Å². The predicted octanol–water partition coefficient (Wildman–Crippen LogP) is 1.63. The summed E-state index contributed by atoms with van der Waals surface area (Å²) in [5.41, 5.74) is 1.32. The number of fused-ring (bicyclic) bond motifs is 1. The number of carbonyl (C=O) groups is 1. The van der Waals surface area contributed by atoms with E-state index < -0.39 is 61.2 Å². The lowest BCUT2D eigenvalue weighted by atomic mass is 9.93. The second-order valence-electron chi connectivity index (χ2n) is 9.96. The Morgan fingerprint density at radius 2 is 1.69 bits per heavy atom. The summed E-state index contributed by atoms with van der Waals surface area (Å²) in [4.78, 5) is 12.7. The molecule has 0 bridgehead atoms. The van der Waals surface area contributed by atoms with E-state index in [1.807, 2.05) is 6.07 Å². The lowest BCUT2D eigenvalue weighted by Gasteiger charge is -2.44. The molecule has 7 N–H and O–H groups in total. The Morgan fingerprint density at radius 1 is 0.929 bits per heavy atom. The Labute approximate surface area is 239 Å². The zero-order chi connectivity index (χ0) is 30.0. The van der Waals surface area contributed by atoms with E-state index in [0.717, 1.165) is 12.1 Å². The molecule has 2 heterocycles. The summed E-state index contributed by atoms with van der Waals surface area (Å²) < 4.78 is 23.4. The van der Waals surface area contributed by atoms with Gasteiger partial charge < -0.3 is 54.7 Å². The highest BCUT2D eigenvalue weighted by molar-refractivity contribution is 5.87. The van der Waals surface area contributed by atoms with Crippen molar-refractivity contribution in [1.82, 2.24) is 0 Å². The van der Waals surface area contributed by atoms with Crippen LogP contribution in [0, 0.1) is 0 Å². The molecule has 1 saturated heterocycles. The smallest absolute Gasteiger partial charge is 0.331 e. The third-order valence-corrected chi connectivity index (χ3v) is 7.09. The maximum Gasteiger partial charge on any atom is 0.331 e. The molecule has 222 valence electrons. The van der Waals surface area contributed by atoms with Crippen molar-refractivity contribution >= 4 is 12.0 Å². The molecule has 2 aliphatic rings. The standard InChI is InChI=1S/C30H30O12/c31-14-24-26(37)27(38)29(42-25(36)9-6-15-4-2-1-3-5-15)30(41-24)40-23-13-18-20(34)11-17(32)12-22(18)39-28(23)16-7-8-19(33)21(35)10-16/h1-12,23-24,26-35,37-38H,13-14H2/b9-6+/t23-,24?,26+,27-,28+,29?,30+/m0/s1. The molecule has 3 aromatic carbocycles. The van der Waals surface area contributed by atoms with Crippen LogP contribution in [-0.4, -0.2) is 85.1 Å². The van der Waals surface area contributed by atoms with Gasteiger partial charge in [0.15, 0.2) is 30.0 Å². The number of esters is 1. The molecule has 12 heteroatoms. The third kappa shape index (κ3) is 6.12. The minimum atomic E-state index is -1.71. The number of rotatable bonds is 7. The fraction of sp³-hybridized carbons (Fsp3) is 0.300. The number of phenolic OH excluding ortho intramolecular Hbond substituents is 4. The number of aliphatic hydroxyl groups excluding tert-OH is 3. The maximum absolute atomic E-state index is 12.7. The van der Waals surface area contributed by atoms with Crippen molar-refractivity contribution in [3.05, 3.63) is 83.4 Å². The van der Waals surface area contributed by atoms with E-state index in [1.54, 1.807) is 24.3 Å². The number of aromatic hydroxyl groups is 4. The minimum absolute atomic E-state index is 0.0371. The molecule has 0 radical (unpaired) electrons. The number of aliphatic hydroxyl groups is 3. The van der Waals surface area contributed by atoms with Gasteiger partial charge in [-0.1, -0.05) is 36.4 Å². The van der Waals surface area contributed by atoms with Gasteiger partial charge in [0.2, 0.25) is 0 Å². The Bertz CT molecular complexity index is 1440. The Balaban J connectivity index is 1.45. The fourth-order valence-electron chi connectivity index (χ4n) is 4.93. The first-order chi connectivity index (χ1) is 20.1. The molecule has 3 aromatic rings. The minimum Gasteiger partial charge on any atom is -0.508 e. The zero-order valence-corrected chi connectivity index (χ0v) is 22.1. The molecule has 1 fully saturated rings. The van der Waals surface area contributed by atoms with Gasteiger partial charge in [-0.2, -0.15) is 0 Å². The van der Waals surface area contributed by atoms with Crippen molar-refractivity contribution in [2.24, 2.45) is 0 Å². The molecule has 2 unspecified atom stereocenters. The van der Waals surface area contributed by atoms with Crippen LogP contribution in [0.4, 0.5) is 0 Å². The average molecular weight is 583 g/mol. The van der Waals surface area contributed by atoms with E-state index in [9.17, 15) is 40.5 Å². The summed E-state index contributed by atoms with van der Waals surface area (Å²) in [6.45, 7) is -0.689. The van der Waals surface area contributed by atoms with Crippen LogP contribution < -0.4 is 4.74 Å². The van der Waals surface area contributed by atoms with Crippen molar-refractivity contribution in [2.45, 2.75) is 49.3 Å². The Kier molecular flexibility index (Phi) is 8.52. The number of hydrogen-bond donors (Lipinski definition) is 7. The van der Waals surface area contributed by atoms with E-state index in [1.165, 1.54) is 30.3 Å². The van der Waals surface area contributed by atoms with Gasteiger partial charge in [-0.25, -0.2) is 4.79 Å². The van der Waals surface area contributed by atoms with Crippen molar-refractivity contribution in [1.29, 1.82) is 0 Å². The molecule has 0 aromatic heterocycles. The summed E-state index contributed by atoms with van der Waals surface area (Å²) in [6.07, 6.45) is -7.18. The summed E-state index contributed by atoms with van der Waals surface area (Å²) >= 11 is 0. The lowest BCUT2D eigenvalue weighted by Crippen LogP contribution is -2.61. The second-order valence-corrected chi connectivity index (χ2v) is 9.96. The maximum atomic E-state index is 12.7. The SMILES string of the molecule is O=C(/C=C/c1ccccc1)OC1[C@H](O[C@H]2Cc3c(O)cc(O)cc3O[C@@H]2c2ccc(O)c(O)c2)OC(CO)[C@@H](O)[C@@H]1O. The van der Waals surface area contributed by atoms with Crippen LogP contribution in [0.1, 0.15) is 22.8 Å². The Hall–Kier alpha value is -4.33. The molecular formula is C30H30O12. The summed E-state index contributed by atoms with van der Waals surface area (Å²) in [5, 5.41) is 71.5. The van der Waals surface area contributed by atoms with E-state index in [2.05, 4.69) is 0 Å². The van der Waals surface area contributed by atoms with Crippen LogP contribution in [-0.2, 0) is 25.4 Å². The van der Waals surface area contributed by atoms with Crippen LogP contribution in [0.25, 0.3) is 6.08 Å². The van der Waals surface area contributed by atoms with Gasteiger partial charge in [-0.15, -0.1) is 0 Å². The molecule has 5 rings (SSSR count). The van der Waals surface area contributed by atoms with Gasteiger partial charge in [0, 0.05) is 30.2 Å². The predicted molar refractivity (Wildman–Crippen MR) is 145 cm³/mol. The summed E-state index contributed by atoms with van der Waals surface area (Å²) in [7, 11) is 0. The largest absolute Gasteiger partial charge is 0.508 e. The van der Waals surface area contributed by atoms with Gasteiger partial charge in [0.1, 0.15) is 41.7 Å². The fourth-order valence-corrected chi connectivity index (χ4v) is 4.93. The lowest BCUT2D eigenvalue weighted by molar-refractivity contribution is -0.318. The zero-order valence-electron chi connectivity index (χ0n) is 22.1. The van der Waals surface area contributed by atoms with Crippen LogP contribution in [0.15, 0.2) is 66.7 Å². The highest BCUT2D eigenvalue weighted by Gasteiger charge is 2.49. The van der Waals surface area contributed by atoms with Crippen molar-refractivity contribution in [3.63, 3.8) is 0 Å². The second kappa shape index (κ2) is 12.3. The van der Waals surface area contributed by atoms with E-state index in [0.29, 0.717) is 11.1 Å². The normalized spacial score (nSPS) is 27.3. The van der Waals surface area contributed by atoms with Crippen molar-refractivity contribution in [2.75, 3.05) is 6.61 Å². The van der Waals surface area contributed by atoms with Crippen LogP contribution in [0.2, 0.25) is 0 Å². The first-order valence-electron chi connectivity index (χ1n) is 13.1. The molecule has 12 nitrogen and oxygen atoms in total. The quantitative estimate of drug-likeness (QED) is 0.121. The van der Waals surface area contributed by atoms with E-state index >= 15 is 0 Å². The molecule has 0 amide bonds. The number of benzene rings is 3. The van der Waals surface area contributed by atoms with Gasteiger partial charge in [-0.3, -0.25) is 0 Å². The number of hydrogen-bond acceptors (Lipinski definition) is 12. The monoisotopic (exact) mass is 582 g/mol. The topological polar surface area (TPSA) is 196 Å². The number of carbonyl (C=O) groups excluding carboxylic acids is 1. The van der Waals surface area contributed by atoms with Gasteiger partial charge >= 0.3 is 5.97 Å². The molecule has 42 heavy (non-hydrogen) atoms. The number of ether oxygens (including phenoxy) is 4. The molecule has 0 saturated carbocycles. The van der Waals surface area contributed by atoms with Crippen LogP contribution >= 0.6 is 0 Å². The molecule has 7 atom stereocenters. The first-order valence-corrected chi connectivity index (χ1v) is 13.1. The van der Waals surface area contributed by atoms with Gasteiger partial charge in [0.25, 0.3) is 0 Å². The molecule has 0 aliphatic carbocycles. The Morgan fingerprint density at radius 3 is 2.40 bits per heavy atom. The average Bonchev–Trinajstić information content (AvgIpc) is 2.97. The molecule has 2 aliphatic heterocycles. The van der Waals surface area contributed by atoms with Crippen LogP contribution in [0.3, 0.4) is 0 Å². The highest BCUT2D eigenvalue weighted by atomic mass is 16.7. The van der Waals surface area contributed by atoms with Crippen LogP contribution in [0.5, 0.6) is 28.7 Å². The molecule has 0 spiro atoms. The summed E-state index contributed by atoms with van der Waals surface area (Å²) in [5.74, 6) is -2.10. The van der Waals surface area contributed by atoms with E-state index in [-0.39, 0.29) is 35.0 Å². The molecular weight excluding hydrogens is 552 g/mol. The number of phenols is 4. The summed E-state index contributed by atoms with van der Waals surface area (Å²) in [6, 6.07) is 15.3. The van der Waals surface area contributed by atoms with Crippen molar-refractivity contribution < 1.29 is 59.5 Å². The first kappa shape index (κ1) is 29.2.